The summed E-state index contributed by atoms with van der Waals surface area (Å²) in [6.45, 7) is 0.296. The number of hydrogen-bond acceptors (Lipinski definition) is 4. The van der Waals surface area contributed by atoms with Crippen LogP contribution in [-0.4, -0.2) is 30.5 Å². The number of aliphatic hydroxyl groups excluding tert-OH is 1. The largest absolute Gasteiger partial charge is 0.508 e. The van der Waals surface area contributed by atoms with Gasteiger partial charge < -0.3 is 19.7 Å². The molecule has 4 rings (SSSR count). The summed E-state index contributed by atoms with van der Waals surface area (Å²) in [5, 5.41) is 21.9. The quantitative estimate of drug-likeness (QED) is 0.777. The second kappa shape index (κ2) is 5.42. The molecule has 0 spiro atoms. The molecule has 0 amide bonds. The minimum Gasteiger partial charge on any atom is -0.508 e. The molecule has 4 nitrogen and oxygen atoms in total. The predicted octanol–water partition coefficient (Wildman–Crippen LogP) is 3.22. The maximum atomic E-state index is 10.3. The van der Waals surface area contributed by atoms with E-state index in [4.69, 9.17) is 9.47 Å². The molecule has 0 fully saturated rings. The molecular weight excluding hydrogens is 304 g/mol. The lowest BCUT2D eigenvalue weighted by molar-refractivity contribution is 0.185. The average molecular weight is 322 g/mol. The highest BCUT2D eigenvalue weighted by Gasteiger charge is 2.43. The van der Waals surface area contributed by atoms with Gasteiger partial charge in [-0.3, -0.25) is 0 Å². The van der Waals surface area contributed by atoms with Crippen LogP contribution in [0.1, 0.15) is 11.1 Å². The summed E-state index contributed by atoms with van der Waals surface area (Å²) in [5.41, 5.74) is 1.26. The molecule has 2 N–H and O–H groups in total. The van der Waals surface area contributed by atoms with Crippen molar-refractivity contribution in [3.63, 3.8) is 0 Å². The van der Waals surface area contributed by atoms with Gasteiger partial charge in [0.05, 0.1) is 19.1 Å². The summed E-state index contributed by atoms with van der Waals surface area (Å²) in [5.74, 6) is 1.78. The van der Waals surface area contributed by atoms with Crippen LogP contribution in [0.25, 0.3) is 10.8 Å². The van der Waals surface area contributed by atoms with Crippen molar-refractivity contribution >= 4 is 10.8 Å². The van der Waals surface area contributed by atoms with Crippen LogP contribution in [0.4, 0.5) is 0 Å². The highest BCUT2D eigenvalue weighted by molar-refractivity contribution is 5.91. The Morgan fingerprint density at radius 2 is 1.88 bits per heavy atom. The monoisotopic (exact) mass is 322 g/mol. The van der Waals surface area contributed by atoms with Crippen molar-refractivity contribution in [2.45, 2.75) is 5.41 Å². The van der Waals surface area contributed by atoms with E-state index in [1.165, 1.54) is 0 Å². The van der Waals surface area contributed by atoms with E-state index in [1.54, 1.807) is 19.2 Å². The number of methoxy groups -OCH3 is 1. The lowest BCUT2D eigenvalue weighted by Gasteiger charge is -2.27. The van der Waals surface area contributed by atoms with Crippen molar-refractivity contribution in [2.24, 2.45) is 0 Å². The van der Waals surface area contributed by atoms with Crippen LogP contribution >= 0.6 is 0 Å². The van der Waals surface area contributed by atoms with Gasteiger partial charge in [-0.2, -0.15) is 0 Å². The maximum absolute atomic E-state index is 10.3. The molecule has 0 bridgehead atoms. The number of rotatable bonds is 3. The number of ether oxygens (including phenoxy) is 2. The minimum absolute atomic E-state index is 0.0735. The second-order valence-electron chi connectivity index (χ2n) is 6.10. The molecule has 4 heteroatoms. The standard InChI is InChI=1S/C20H18O4/c1-23-16-7-8-17-13(10-16)2-9-18-19(17)20(11-21,12-24-18)14-3-5-15(22)6-4-14/h2-10,21-22H,11-12H2,1H3. The zero-order valence-electron chi connectivity index (χ0n) is 13.3. The Balaban J connectivity index is 1.98. The summed E-state index contributed by atoms with van der Waals surface area (Å²) < 4.78 is 11.2. The van der Waals surface area contributed by atoms with E-state index in [1.807, 2.05) is 42.5 Å². The Kier molecular flexibility index (Phi) is 3.36. The molecule has 1 unspecified atom stereocenters. The van der Waals surface area contributed by atoms with E-state index in [0.717, 1.165) is 33.4 Å². The molecule has 0 radical (unpaired) electrons. The Bertz CT molecular complexity index is 901. The fourth-order valence-corrected chi connectivity index (χ4v) is 3.53. The summed E-state index contributed by atoms with van der Waals surface area (Å²) >= 11 is 0. The molecule has 122 valence electrons. The second-order valence-corrected chi connectivity index (χ2v) is 6.10. The van der Waals surface area contributed by atoms with Gasteiger partial charge in [0.15, 0.2) is 0 Å². The van der Waals surface area contributed by atoms with Crippen molar-refractivity contribution in [3.05, 3.63) is 65.7 Å². The number of fused-ring (bicyclic) bond motifs is 3. The first-order chi connectivity index (χ1) is 11.7. The molecule has 0 saturated carbocycles. The third-order valence-electron chi connectivity index (χ3n) is 4.83. The molecular formula is C20H18O4. The minimum atomic E-state index is -0.642. The number of aromatic hydroxyl groups is 1. The SMILES string of the molecule is COc1ccc2c3c(ccc2c1)OCC3(CO)c1ccc(O)cc1. The van der Waals surface area contributed by atoms with Crippen molar-refractivity contribution in [3.8, 4) is 17.2 Å². The van der Waals surface area contributed by atoms with Gasteiger partial charge in [0.2, 0.25) is 0 Å². The zero-order valence-corrected chi connectivity index (χ0v) is 13.3. The van der Waals surface area contributed by atoms with E-state index >= 15 is 0 Å². The van der Waals surface area contributed by atoms with E-state index in [9.17, 15) is 10.2 Å². The average Bonchev–Trinajstić information content (AvgIpc) is 3.02. The predicted molar refractivity (Wildman–Crippen MR) is 92.0 cm³/mol. The van der Waals surface area contributed by atoms with Gasteiger partial charge in [-0.25, -0.2) is 0 Å². The first-order valence-corrected chi connectivity index (χ1v) is 7.82. The molecule has 1 atom stereocenters. The van der Waals surface area contributed by atoms with Gasteiger partial charge in [-0.1, -0.05) is 24.3 Å². The van der Waals surface area contributed by atoms with Crippen molar-refractivity contribution in [1.82, 2.24) is 0 Å². The number of hydrogen-bond donors (Lipinski definition) is 2. The normalized spacial score (nSPS) is 19.1. The molecule has 0 aliphatic carbocycles. The first kappa shape index (κ1) is 14.8. The van der Waals surface area contributed by atoms with E-state index in [-0.39, 0.29) is 12.4 Å². The summed E-state index contributed by atoms with van der Waals surface area (Å²) in [6.07, 6.45) is 0. The van der Waals surface area contributed by atoms with Crippen LogP contribution in [0.15, 0.2) is 54.6 Å². The van der Waals surface area contributed by atoms with Gasteiger partial charge in [0.25, 0.3) is 0 Å². The van der Waals surface area contributed by atoms with Gasteiger partial charge in [-0.15, -0.1) is 0 Å². The van der Waals surface area contributed by atoms with Gasteiger partial charge >= 0.3 is 0 Å². The molecule has 3 aromatic carbocycles. The van der Waals surface area contributed by atoms with Crippen molar-refractivity contribution in [1.29, 1.82) is 0 Å². The summed E-state index contributed by atoms with van der Waals surface area (Å²) in [4.78, 5) is 0. The number of phenols is 1. The molecule has 1 aliphatic heterocycles. The van der Waals surface area contributed by atoms with Crippen molar-refractivity contribution in [2.75, 3.05) is 20.3 Å². The van der Waals surface area contributed by atoms with Gasteiger partial charge in [0, 0.05) is 5.56 Å². The van der Waals surface area contributed by atoms with Crippen LogP contribution in [0.2, 0.25) is 0 Å². The molecule has 0 saturated heterocycles. The Morgan fingerprint density at radius 3 is 2.58 bits per heavy atom. The summed E-state index contributed by atoms with van der Waals surface area (Å²) in [6, 6.07) is 16.8. The molecule has 3 aromatic rings. The van der Waals surface area contributed by atoms with Gasteiger partial charge in [-0.05, 0) is 46.7 Å². The van der Waals surface area contributed by atoms with E-state index in [0.29, 0.717) is 6.61 Å². The molecule has 24 heavy (non-hydrogen) atoms. The van der Waals surface area contributed by atoms with Crippen molar-refractivity contribution < 1.29 is 19.7 Å². The first-order valence-electron chi connectivity index (χ1n) is 7.82. The fourth-order valence-electron chi connectivity index (χ4n) is 3.53. The topological polar surface area (TPSA) is 58.9 Å². The lowest BCUT2D eigenvalue weighted by Crippen LogP contribution is -2.33. The van der Waals surface area contributed by atoms with E-state index < -0.39 is 5.41 Å². The van der Waals surface area contributed by atoms with Gasteiger partial charge in [0.1, 0.15) is 23.9 Å². The van der Waals surface area contributed by atoms with Crippen LogP contribution < -0.4 is 9.47 Å². The Morgan fingerprint density at radius 1 is 1.08 bits per heavy atom. The molecule has 1 aliphatic rings. The smallest absolute Gasteiger partial charge is 0.124 e. The lowest BCUT2D eigenvalue weighted by atomic mass is 9.75. The van der Waals surface area contributed by atoms with Crippen LogP contribution in [-0.2, 0) is 5.41 Å². The molecule has 1 heterocycles. The van der Waals surface area contributed by atoms with Crippen LogP contribution in [0, 0.1) is 0 Å². The third-order valence-corrected chi connectivity index (χ3v) is 4.83. The third kappa shape index (κ3) is 2.03. The highest BCUT2D eigenvalue weighted by Crippen LogP contribution is 2.47. The highest BCUT2D eigenvalue weighted by atomic mass is 16.5. The number of benzene rings is 3. The zero-order chi connectivity index (χ0) is 16.7. The molecule has 0 aromatic heterocycles. The van der Waals surface area contributed by atoms with Crippen LogP contribution in [0.3, 0.4) is 0 Å². The Hall–Kier alpha value is -2.72. The number of aliphatic hydroxyl groups is 1. The summed E-state index contributed by atoms with van der Waals surface area (Å²) in [7, 11) is 1.64. The maximum Gasteiger partial charge on any atom is 0.124 e. The Labute approximate surface area is 139 Å². The fraction of sp³-hybridized carbons (Fsp3) is 0.200. The van der Waals surface area contributed by atoms with E-state index in [2.05, 4.69) is 0 Å². The number of phenolic OH excluding ortho intramolecular Hbond substituents is 1. The van der Waals surface area contributed by atoms with Crippen LogP contribution in [0.5, 0.6) is 17.2 Å².